The molecule has 0 bridgehead atoms. The van der Waals surface area contributed by atoms with Crippen molar-refractivity contribution in [3.8, 4) is 11.5 Å². The van der Waals surface area contributed by atoms with Crippen LogP contribution in [0.25, 0.3) is 10.8 Å². The monoisotopic (exact) mass is 387 g/mol. The molecule has 1 atom stereocenters. The quantitative estimate of drug-likeness (QED) is 0.651. The maximum atomic E-state index is 12.7. The molecule has 7 heteroatoms. The fraction of sp³-hybridized carbons (Fsp3) is 0.200. The van der Waals surface area contributed by atoms with Gasteiger partial charge in [0, 0.05) is 12.6 Å². The zero-order valence-electron chi connectivity index (χ0n) is 15.0. The highest BCUT2D eigenvalue weighted by molar-refractivity contribution is 7.89. The van der Waals surface area contributed by atoms with Crippen LogP contribution in [0.3, 0.4) is 0 Å². The fourth-order valence-electron chi connectivity index (χ4n) is 2.91. The molecule has 0 unspecified atom stereocenters. The number of aliphatic hydroxyl groups excluding tert-OH is 1. The Hall–Kier alpha value is -2.61. The second-order valence-corrected chi connectivity index (χ2v) is 7.69. The minimum atomic E-state index is -3.91. The van der Waals surface area contributed by atoms with Crippen LogP contribution in [0.5, 0.6) is 11.5 Å². The number of aliphatic hydroxyl groups is 1. The van der Waals surface area contributed by atoms with E-state index >= 15 is 0 Å². The third-order valence-electron chi connectivity index (χ3n) is 4.31. The molecule has 0 aromatic heterocycles. The van der Waals surface area contributed by atoms with Gasteiger partial charge < -0.3 is 14.6 Å². The maximum absolute atomic E-state index is 12.7. The highest BCUT2D eigenvalue weighted by Crippen LogP contribution is 2.29. The van der Waals surface area contributed by atoms with E-state index in [1.807, 2.05) is 36.4 Å². The first-order valence-corrected chi connectivity index (χ1v) is 9.82. The van der Waals surface area contributed by atoms with Gasteiger partial charge in [-0.25, -0.2) is 13.1 Å². The number of hydrogen-bond acceptors (Lipinski definition) is 5. The number of nitrogens with one attached hydrogen (secondary N) is 1. The molecule has 0 aliphatic carbocycles. The molecule has 27 heavy (non-hydrogen) atoms. The van der Waals surface area contributed by atoms with Crippen molar-refractivity contribution >= 4 is 20.8 Å². The van der Waals surface area contributed by atoms with Gasteiger partial charge in [-0.05, 0) is 28.5 Å². The Labute approximate surface area is 158 Å². The van der Waals surface area contributed by atoms with E-state index in [4.69, 9.17) is 9.47 Å². The molecule has 0 amide bonds. The lowest BCUT2D eigenvalue weighted by Crippen LogP contribution is -2.29. The molecule has 0 fully saturated rings. The third-order valence-corrected chi connectivity index (χ3v) is 5.75. The number of fused-ring (bicyclic) bond motifs is 1. The van der Waals surface area contributed by atoms with Crippen molar-refractivity contribution in [2.24, 2.45) is 0 Å². The standard InChI is InChI=1S/C20H21NO5S/c1-25-15-10-11-19(26-2)20(12-15)27(23,24)21-13-18(22)17-9-5-7-14-6-3-4-8-16(14)17/h3-12,18,21-22H,13H2,1-2H3/t18-/m1/s1. The second-order valence-electron chi connectivity index (χ2n) is 5.95. The van der Waals surface area contributed by atoms with Crippen LogP contribution in [0.2, 0.25) is 0 Å². The molecule has 3 rings (SSSR count). The Balaban J connectivity index is 1.85. The largest absolute Gasteiger partial charge is 0.497 e. The van der Waals surface area contributed by atoms with E-state index in [0.717, 1.165) is 10.8 Å². The number of rotatable bonds is 7. The summed E-state index contributed by atoms with van der Waals surface area (Å²) in [6, 6.07) is 17.7. The van der Waals surface area contributed by atoms with Gasteiger partial charge in [-0.1, -0.05) is 42.5 Å². The fourth-order valence-corrected chi connectivity index (χ4v) is 4.13. The van der Waals surface area contributed by atoms with Gasteiger partial charge in [0.1, 0.15) is 16.4 Å². The molecular formula is C20H21NO5S. The second kappa shape index (κ2) is 7.96. The molecule has 0 aliphatic heterocycles. The summed E-state index contributed by atoms with van der Waals surface area (Å²) in [6.07, 6.45) is -0.998. The van der Waals surface area contributed by atoms with Gasteiger partial charge in [0.15, 0.2) is 0 Å². The highest BCUT2D eigenvalue weighted by Gasteiger charge is 2.22. The van der Waals surface area contributed by atoms with Crippen molar-refractivity contribution in [1.82, 2.24) is 4.72 Å². The van der Waals surface area contributed by atoms with Gasteiger partial charge in [0.25, 0.3) is 0 Å². The number of methoxy groups -OCH3 is 2. The molecule has 0 heterocycles. The Morgan fingerprint density at radius 1 is 1.00 bits per heavy atom. The lowest BCUT2D eigenvalue weighted by atomic mass is 10.0. The van der Waals surface area contributed by atoms with Gasteiger partial charge in [-0.3, -0.25) is 0 Å². The Morgan fingerprint density at radius 2 is 1.74 bits per heavy atom. The van der Waals surface area contributed by atoms with E-state index in [1.165, 1.54) is 26.4 Å². The molecule has 0 saturated heterocycles. The van der Waals surface area contributed by atoms with Crippen LogP contribution in [-0.2, 0) is 10.0 Å². The molecule has 3 aromatic carbocycles. The first-order chi connectivity index (χ1) is 13.0. The minimum absolute atomic E-state index is 0.0468. The summed E-state index contributed by atoms with van der Waals surface area (Å²) in [6.45, 7) is -0.170. The van der Waals surface area contributed by atoms with Crippen LogP contribution in [0, 0.1) is 0 Å². The molecular weight excluding hydrogens is 366 g/mol. The van der Waals surface area contributed by atoms with E-state index in [2.05, 4.69) is 4.72 Å². The van der Waals surface area contributed by atoms with Crippen LogP contribution in [0.4, 0.5) is 0 Å². The van der Waals surface area contributed by atoms with E-state index in [1.54, 1.807) is 12.1 Å². The maximum Gasteiger partial charge on any atom is 0.244 e. The summed E-state index contributed by atoms with van der Waals surface area (Å²) in [5.41, 5.74) is 0.661. The Bertz CT molecular complexity index is 1040. The van der Waals surface area contributed by atoms with E-state index < -0.39 is 16.1 Å². The average Bonchev–Trinajstić information content (AvgIpc) is 2.71. The minimum Gasteiger partial charge on any atom is -0.497 e. The van der Waals surface area contributed by atoms with Gasteiger partial charge >= 0.3 is 0 Å². The third kappa shape index (κ3) is 4.05. The molecule has 6 nitrogen and oxygen atoms in total. The predicted molar refractivity (Wildman–Crippen MR) is 104 cm³/mol. The number of ether oxygens (including phenoxy) is 2. The van der Waals surface area contributed by atoms with Gasteiger partial charge in [0.2, 0.25) is 10.0 Å². The number of sulfonamides is 1. The van der Waals surface area contributed by atoms with Crippen molar-refractivity contribution in [2.45, 2.75) is 11.0 Å². The van der Waals surface area contributed by atoms with Crippen molar-refractivity contribution in [2.75, 3.05) is 20.8 Å². The van der Waals surface area contributed by atoms with Crippen LogP contribution < -0.4 is 14.2 Å². The van der Waals surface area contributed by atoms with Crippen LogP contribution >= 0.6 is 0 Å². The van der Waals surface area contributed by atoms with E-state index in [9.17, 15) is 13.5 Å². The zero-order chi connectivity index (χ0) is 19.4. The summed E-state index contributed by atoms with van der Waals surface area (Å²) < 4.78 is 38.1. The van der Waals surface area contributed by atoms with Crippen LogP contribution in [-0.4, -0.2) is 34.3 Å². The molecule has 142 valence electrons. The molecule has 3 aromatic rings. The molecule has 0 saturated carbocycles. The topological polar surface area (TPSA) is 84.9 Å². The van der Waals surface area contributed by atoms with Crippen LogP contribution in [0.1, 0.15) is 11.7 Å². The van der Waals surface area contributed by atoms with Crippen molar-refractivity contribution in [1.29, 1.82) is 0 Å². The normalized spacial score (nSPS) is 12.7. The molecule has 0 aliphatic rings. The van der Waals surface area contributed by atoms with Crippen molar-refractivity contribution in [3.63, 3.8) is 0 Å². The first-order valence-electron chi connectivity index (χ1n) is 8.33. The SMILES string of the molecule is COc1ccc(OC)c(S(=O)(=O)NC[C@@H](O)c2cccc3ccccc23)c1. The Kier molecular flexibility index (Phi) is 5.65. The van der Waals surface area contributed by atoms with Crippen molar-refractivity contribution in [3.05, 3.63) is 66.2 Å². The zero-order valence-corrected chi connectivity index (χ0v) is 15.9. The average molecular weight is 387 g/mol. The lowest BCUT2D eigenvalue weighted by molar-refractivity contribution is 0.183. The number of hydrogen-bond donors (Lipinski definition) is 2. The van der Waals surface area contributed by atoms with Crippen molar-refractivity contribution < 1.29 is 23.0 Å². The predicted octanol–water partition coefficient (Wildman–Crippen LogP) is 2.87. The smallest absolute Gasteiger partial charge is 0.244 e. The summed E-state index contributed by atoms with van der Waals surface area (Å²) in [5, 5.41) is 12.4. The van der Waals surface area contributed by atoms with Gasteiger partial charge in [-0.15, -0.1) is 0 Å². The summed E-state index contributed by atoms with van der Waals surface area (Å²) in [4.78, 5) is -0.0468. The first kappa shape index (κ1) is 19.2. The van der Waals surface area contributed by atoms with Gasteiger partial charge in [-0.2, -0.15) is 0 Å². The van der Waals surface area contributed by atoms with Crippen LogP contribution in [0.15, 0.2) is 65.6 Å². The summed E-state index contributed by atoms with van der Waals surface area (Å²) in [5.74, 6) is 0.591. The summed E-state index contributed by atoms with van der Waals surface area (Å²) >= 11 is 0. The van der Waals surface area contributed by atoms with E-state index in [-0.39, 0.29) is 17.2 Å². The molecule has 0 spiro atoms. The molecule has 0 radical (unpaired) electrons. The van der Waals surface area contributed by atoms with E-state index in [0.29, 0.717) is 11.3 Å². The molecule has 2 N–H and O–H groups in total. The highest BCUT2D eigenvalue weighted by atomic mass is 32.2. The Morgan fingerprint density at radius 3 is 2.48 bits per heavy atom. The lowest BCUT2D eigenvalue weighted by Gasteiger charge is -2.16. The van der Waals surface area contributed by atoms with Gasteiger partial charge in [0.05, 0.1) is 20.3 Å². The summed E-state index contributed by atoms with van der Waals surface area (Å²) in [7, 11) is -1.06. The number of benzene rings is 3.